The molecule has 0 radical (unpaired) electrons. The molecule has 3 N–H and O–H groups in total. The van der Waals surface area contributed by atoms with Gasteiger partial charge in [-0.15, -0.1) is 0 Å². The second kappa shape index (κ2) is 6.19. The number of hydrogen-bond acceptors (Lipinski definition) is 6. The first-order chi connectivity index (χ1) is 10.2. The van der Waals surface area contributed by atoms with E-state index < -0.39 is 14.9 Å². The molecule has 1 aromatic rings. The molecule has 122 valence electrons. The van der Waals surface area contributed by atoms with Gasteiger partial charge in [-0.1, -0.05) is 0 Å². The van der Waals surface area contributed by atoms with Crippen molar-refractivity contribution in [1.82, 2.24) is 4.90 Å². The van der Waals surface area contributed by atoms with Crippen LogP contribution in [0.1, 0.15) is 19.3 Å². The molecule has 0 bridgehead atoms. The lowest BCUT2D eigenvalue weighted by molar-refractivity contribution is -0.384. The van der Waals surface area contributed by atoms with Gasteiger partial charge in [0.25, 0.3) is 5.69 Å². The van der Waals surface area contributed by atoms with E-state index in [1.807, 2.05) is 14.1 Å². The SMILES string of the molecule is CN(C)[C@H]1CCC[C@@H]1Nc1ccc(S(N)(=O)=O)cc1[N+](=O)[O-]. The monoisotopic (exact) mass is 328 g/mol. The van der Waals surface area contributed by atoms with Crippen LogP contribution in [0.5, 0.6) is 0 Å². The lowest BCUT2D eigenvalue weighted by atomic mass is 10.1. The molecule has 1 aliphatic carbocycles. The van der Waals surface area contributed by atoms with Crippen LogP contribution < -0.4 is 10.5 Å². The van der Waals surface area contributed by atoms with Gasteiger partial charge in [0.05, 0.1) is 9.82 Å². The van der Waals surface area contributed by atoms with Crippen molar-refractivity contribution in [3.05, 3.63) is 28.3 Å². The molecule has 0 aromatic heterocycles. The van der Waals surface area contributed by atoms with Crippen LogP contribution in [0.2, 0.25) is 0 Å². The molecule has 1 aromatic carbocycles. The molecular weight excluding hydrogens is 308 g/mol. The summed E-state index contributed by atoms with van der Waals surface area (Å²) in [7, 11) is -0.0168. The molecule has 0 spiro atoms. The average Bonchev–Trinajstić information content (AvgIpc) is 2.86. The second-order valence-electron chi connectivity index (χ2n) is 5.69. The molecule has 8 nitrogen and oxygen atoms in total. The summed E-state index contributed by atoms with van der Waals surface area (Å²) in [6.07, 6.45) is 2.98. The van der Waals surface area contributed by atoms with Gasteiger partial charge in [-0.05, 0) is 45.5 Å². The zero-order chi connectivity index (χ0) is 16.5. The number of sulfonamides is 1. The van der Waals surface area contributed by atoms with Gasteiger partial charge in [0.2, 0.25) is 10.0 Å². The van der Waals surface area contributed by atoms with Crippen molar-refractivity contribution in [2.75, 3.05) is 19.4 Å². The minimum atomic E-state index is -3.97. The van der Waals surface area contributed by atoms with E-state index in [1.165, 1.54) is 12.1 Å². The molecule has 1 fully saturated rings. The third kappa shape index (κ3) is 3.54. The average molecular weight is 328 g/mol. The molecule has 1 saturated carbocycles. The standard InChI is InChI=1S/C13H20N4O4S/c1-16(2)12-5-3-4-10(12)15-11-7-6-9(22(14,20)21)8-13(11)17(18)19/h6-8,10,12,15H,3-5H2,1-2H3,(H2,14,20,21)/t10-,12-/m0/s1. The van der Waals surface area contributed by atoms with Gasteiger partial charge in [0, 0.05) is 18.2 Å². The van der Waals surface area contributed by atoms with E-state index in [1.54, 1.807) is 0 Å². The van der Waals surface area contributed by atoms with Crippen LogP contribution in [0, 0.1) is 10.1 Å². The van der Waals surface area contributed by atoms with Crippen LogP contribution in [-0.4, -0.2) is 44.4 Å². The van der Waals surface area contributed by atoms with Gasteiger partial charge in [-0.2, -0.15) is 0 Å². The molecule has 0 saturated heterocycles. The number of anilines is 1. The van der Waals surface area contributed by atoms with E-state index in [0.29, 0.717) is 5.69 Å². The number of hydrogen-bond donors (Lipinski definition) is 2. The van der Waals surface area contributed by atoms with Crippen molar-refractivity contribution in [2.24, 2.45) is 5.14 Å². The summed E-state index contributed by atoms with van der Waals surface area (Å²) in [5, 5.41) is 19.4. The molecule has 0 heterocycles. The summed E-state index contributed by atoms with van der Waals surface area (Å²) in [4.78, 5) is 12.4. The van der Waals surface area contributed by atoms with E-state index in [0.717, 1.165) is 25.3 Å². The fourth-order valence-electron chi connectivity index (χ4n) is 2.89. The quantitative estimate of drug-likeness (QED) is 0.618. The number of nitro benzene ring substituents is 1. The normalized spacial score (nSPS) is 22.0. The molecule has 0 unspecified atom stereocenters. The van der Waals surface area contributed by atoms with Crippen LogP contribution in [0.25, 0.3) is 0 Å². The number of nitro groups is 1. The van der Waals surface area contributed by atoms with Crippen molar-refractivity contribution < 1.29 is 13.3 Å². The molecule has 1 aliphatic rings. The summed E-state index contributed by atoms with van der Waals surface area (Å²) in [5.41, 5.74) is 0.0343. The molecular formula is C13H20N4O4S. The van der Waals surface area contributed by atoms with Gasteiger partial charge >= 0.3 is 0 Å². The van der Waals surface area contributed by atoms with Crippen molar-refractivity contribution in [2.45, 2.75) is 36.2 Å². The smallest absolute Gasteiger partial charge is 0.293 e. The summed E-state index contributed by atoms with van der Waals surface area (Å²) in [6, 6.07) is 4.07. The van der Waals surface area contributed by atoms with Gasteiger partial charge in [0.1, 0.15) is 5.69 Å². The topological polar surface area (TPSA) is 119 Å². The summed E-state index contributed by atoms with van der Waals surface area (Å²) >= 11 is 0. The Morgan fingerprint density at radius 1 is 1.36 bits per heavy atom. The Bertz CT molecular complexity index is 675. The van der Waals surface area contributed by atoms with Gasteiger partial charge < -0.3 is 10.2 Å². The number of nitrogens with one attached hydrogen (secondary N) is 1. The highest BCUT2D eigenvalue weighted by Crippen LogP contribution is 2.32. The minimum absolute atomic E-state index is 0.0917. The first-order valence-electron chi connectivity index (χ1n) is 6.94. The number of benzene rings is 1. The summed E-state index contributed by atoms with van der Waals surface area (Å²) in [6.45, 7) is 0. The molecule has 22 heavy (non-hydrogen) atoms. The summed E-state index contributed by atoms with van der Waals surface area (Å²) in [5.74, 6) is 0. The number of rotatable bonds is 5. The third-order valence-electron chi connectivity index (χ3n) is 3.98. The number of nitrogens with two attached hydrogens (primary N) is 1. The Kier molecular flexibility index (Phi) is 4.69. The Balaban J connectivity index is 2.33. The van der Waals surface area contributed by atoms with Crippen LogP contribution in [0.3, 0.4) is 0 Å². The van der Waals surface area contributed by atoms with Crippen LogP contribution in [-0.2, 0) is 10.0 Å². The number of likely N-dealkylation sites (N-methyl/N-ethyl adjacent to an activating group) is 1. The summed E-state index contributed by atoms with van der Waals surface area (Å²) < 4.78 is 22.7. The van der Waals surface area contributed by atoms with Crippen molar-refractivity contribution >= 4 is 21.4 Å². The van der Waals surface area contributed by atoms with E-state index >= 15 is 0 Å². The molecule has 2 rings (SSSR count). The molecule has 0 amide bonds. The Morgan fingerprint density at radius 2 is 2.05 bits per heavy atom. The molecule has 2 atom stereocenters. The van der Waals surface area contributed by atoms with Crippen LogP contribution in [0.4, 0.5) is 11.4 Å². The van der Waals surface area contributed by atoms with Crippen molar-refractivity contribution in [1.29, 1.82) is 0 Å². The second-order valence-corrected chi connectivity index (χ2v) is 7.26. The number of primary sulfonamides is 1. The van der Waals surface area contributed by atoms with E-state index in [4.69, 9.17) is 5.14 Å². The van der Waals surface area contributed by atoms with E-state index in [2.05, 4.69) is 10.2 Å². The van der Waals surface area contributed by atoms with Gasteiger partial charge in [-0.25, -0.2) is 13.6 Å². The fraction of sp³-hybridized carbons (Fsp3) is 0.538. The van der Waals surface area contributed by atoms with Crippen LogP contribution >= 0.6 is 0 Å². The first-order valence-corrected chi connectivity index (χ1v) is 8.49. The van der Waals surface area contributed by atoms with Crippen molar-refractivity contribution in [3.63, 3.8) is 0 Å². The zero-order valence-electron chi connectivity index (χ0n) is 12.5. The highest BCUT2D eigenvalue weighted by Gasteiger charge is 2.30. The predicted molar refractivity (Wildman–Crippen MR) is 83.2 cm³/mol. The van der Waals surface area contributed by atoms with Crippen molar-refractivity contribution in [3.8, 4) is 0 Å². The van der Waals surface area contributed by atoms with E-state index in [9.17, 15) is 18.5 Å². The highest BCUT2D eigenvalue weighted by molar-refractivity contribution is 7.89. The lowest BCUT2D eigenvalue weighted by Gasteiger charge is -2.27. The Morgan fingerprint density at radius 3 is 2.59 bits per heavy atom. The fourth-order valence-corrected chi connectivity index (χ4v) is 3.42. The maximum absolute atomic E-state index is 11.3. The van der Waals surface area contributed by atoms with Gasteiger partial charge in [0.15, 0.2) is 0 Å². The van der Waals surface area contributed by atoms with Crippen LogP contribution in [0.15, 0.2) is 23.1 Å². The predicted octanol–water partition coefficient (Wildman–Crippen LogP) is 1.14. The lowest BCUT2D eigenvalue weighted by Crippen LogP contribution is -2.39. The Hall–Kier alpha value is -1.71. The number of nitrogens with zero attached hydrogens (tertiary/aromatic N) is 2. The van der Waals surface area contributed by atoms with E-state index in [-0.39, 0.29) is 22.7 Å². The highest BCUT2D eigenvalue weighted by atomic mass is 32.2. The largest absolute Gasteiger partial charge is 0.375 e. The molecule has 9 heteroatoms. The third-order valence-corrected chi connectivity index (χ3v) is 4.89. The zero-order valence-corrected chi connectivity index (χ0v) is 13.3. The van der Waals surface area contributed by atoms with Gasteiger partial charge in [-0.3, -0.25) is 10.1 Å². The maximum atomic E-state index is 11.3. The maximum Gasteiger partial charge on any atom is 0.293 e. The Labute approximate surface area is 129 Å². The molecule has 0 aliphatic heterocycles. The first kappa shape index (κ1) is 16.7. The minimum Gasteiger partial charge on any atom is -0.375 e.